The average molecular weight is 252 g/mol. The summed E-state index contributed by atoms with van der Waals surface area (Å²) in [7, 11) is 1.81. The van der Waals surface area contributed by atoms with Crippen molar-refractivity contribution >= 4 is 17.5 Å². The maximum Gasteiger partial charge on any atom is 0.239 e. The zero-order valence-corrected chi connectivity index (χ0v) is 11.2. The molecule has 0 saturated heterocycles. The minimum absolute atomic E-state index is 0.0436. The van der Waals surface area contributed by atoms with Crippen molar-refractivity contribution in [1.82, 2.24) is 15.3 Å². The Morgan fingerprint density at radius 3 is 2.61 bits per heavy atom. The lowest BCUT2D eigenvalue weighted by Crippen LogP contribution is -2.36. The van der Waals surface area contributed by atoms with Crippen molar-refractivity contribution in [2.75, 3.05) is 30.5 Å². The van der Waals surface area contributed by atoms with E-state index < -0.39 is 0 Å². The molecule has 0 aliphatic rings. The van der Waals surface area contributed by atoms with Crippen molar-refractivity contribution in [2.45, 2.75) is 20.8 Å². The SMILES string of the molecule is CCNC(=O)CN(C)c1nc(C)nc(NN)c1C. The van der Waals surface area contributed by atoms with Gasteiger partial charge >= 0.3 is 0 Å². The summed E-state index contributed by atoms with van der Waals surface area (Å²) in [6, 6.07) is 0. The zero-order valence-electron chi connectivity index (χ0n) is 11.2. The van der Waals surface area contributed by atoms with Crippen LogP contribution in [0, 0.1) is 13.8 Å². The molecule has 0 aliphatic carbocycles. The third-order valence-electron chi connectivity index (χ3n) is 2.48. The molecule has 0 atom stereocenters. The molecule has 0 bridgehead atoms. The first-order valence-electron chi connectivity index (χ1n) is 5.79. The van der Waals surface area contributed by atoms with Crippen LogP contribution in [0.15, 0.2) is 0 Å². The summed E-state index contributed by atoms with van der Waals surface area (Å²) in [5, 5.41) is 2.74. The molecule has 100 valence electrons. The number of carbonyl (C=O) groups excluding carboxylic acids is 1. The van der Waals surface area contributed by atoms with E-state index in [4.69, 9.17) is 5.84 Å². The Balaban J connectivity index is 2.94. The molecule has 0 fully saturated rings. The van der Waals surface area contributed by atoms with Gasteiger partial charge in [-0.05, 0) is 20.8 Å². The van der Waals surface area contributed by atoms with Gasteiger partial charge in [0.2, 0.25) is 5.91 Å². The number of hydrogen-bond acceptors (Lipinski definition) is 6. The molecule has 1 amide bonds. The number of likely N-dealkylation sites (N-methyl/N-ethyl adjacent to an activating group) is 2. The number of amides is 1. The predicted molar refractivity (Wildman–Crippen MR) is 71.3 cm³/mol. The monoisotopic (exact) mass is 252 g/mol. The third kappa shape index (κ3) is 3.30. The summed E-state index contributed by atoms with van der Waals surface area (Å²) in [4.78, 5) is 21.8. The second kappa shape index (κ2) is 6.15. The number of aromatic nitrogens is 2. The first-order chi connectivity index (χ1) is 8.49. The van der Waals surface area contributed by atoms with Crippen LogP contribution in [0.25, 0.3) is 0 Å². The highest BCUT2D eigenvalue weighted by molar-refractivity contribution is 5.81. The fourth-order valence-electron chi connectivity index (χ4n) is 1.67. The van der Waals surface area contributed by atoms with E-state index in [9.17, 15) is 4.79 Å². The van der Waals surface area contributed by atoms with Gasteiger partial charge in [0, 0.05) is 19.2 Å². The largest absolute Gasteiger partial charge is 0.355 e. The first-order valence-corrected chi connectivity index (χ1v) is 5.79. The van der Waals surface area contributed by atoms with E-state index in [0.29, 0.717) is 24.0 Å². The lowest BCUT2D eigenvalue weighted by atomic mass is 10.3. The van der Waals surface area contributed by atoms with Gasteiger partial charge in [-0.1, -0.05) is 0 Å². The number of aryl methyl sites for hydroxylation is 1. The minimum Gasteiger partial charge on any atom is -0.355 e. The lowest BCUT2D eigenvalue weighted by Gasteiger charge is -2.21. The van der Waals surface area contributed by atoms with E-state index >= 15 is 0 Å². The Morgan fingerprint density at radius 2 is 2.06 bits per heavy atom. The van der Waals surface area contributed by atoms with Gasteiger partial charge in [-0.15, -0.1) is 0 Å². The molecule has 0 aromatic carbocycles. The van der Waals surface area contributed by atoms with Gasteiger partial charge in [-0.3, -0.25) is 4.79 Å². The van der Waals surface area contributed by atoms with Crippen molar-refractivity contribution in [2.24, 2.45) is 5.84 Å². The number of rotatable bonds is 5. The van der Waals surface area contributed by atoms with Gasteiger partial charge in [-0.2, -0.15) is 0 Å². The van der Waals surface area contributed by atoms with Crippen LogP contribution in [0.3, 0.4) is 0 Å². The average Bonchev–Trinajstić information content (AvgIpc) is 2.31. The second-order valence-electron chi connectivity index (χ2n) is 4.02. The standard InChI is InChI=1S/C11H20N6O/c1-5-13-9(18)6-17(4)11-7(2)10(16-12)14-8(3)15-11/h5-6,12H2,1-4H3,(H,13,18)(H,14,15,16). The van der Waals surface area contributed by atoms with Crippen LogP contribution in [0.1, 0.15) is 18.3 Å². The highest BCUT2D eigenvalue weighted by Gasteiger charge is 2.14. The van der Waals surface area contributed by atoms with Gasteiger partial charge in [0.1, 0.15) is 17.5 Å². The van der Waals surface area contributed by atoms with E-state index in [0.717, 1.165) is 5.56 Å². The summed E-state index contributed by atoms with van der Waals surface area (Å²) in [5.74, 6) is 7.22. The van der Waals surface area contributed by atoms with Gasteiger partial charge in [0.25, 0.3) is 0 Å². The molecular weight excluding hydrogens is 232 g/mol. The van der Waals surface area contributed by atoms with Crippen molar-refractivity contribution in [1.29, 1.82) is 0 Å². The Morgan fingerprint density at radius 1 is 1.39 bits per heavy atom. The summed E-state index contributed by atoms with van der Waals surface area (Å²) < 4.78 is 0. The molecule has 7 nitrogen and oxygen atoms in total. The smallest absolute Gasteiger partial charge is 0.239 e. The molecule has 1 heterocycles. The Hall–Kier alpha value is -1.89. The van der Waals surface area contributed by atoms with Crippen LogP contribution in [0.4, 0.5) is 11.6 Å². The summed E-state index contributed by atoms with van der Waals surface area (Å²) in [6.07, 6.45) is 0. The van der Waals surface area contributed by atoms with Crippen LogP contribution in [-0.2, 0) is 4.79 Å². The van der Waals surface area contributed by atoms with Crippen LogP contribution in [-0.4, -0.2) is 36.0 Å². The number of carbonyl (C=O) groups is 1. The molecular formula is C11H20N6O. The predicted octanol–water partition coefficient (Wildman–Crippen LogP) is -0.0487. The quantitative estimate of drug-likeness (QED) is 0.502. The van der Waals surface area contributed by atoms with E-state index in [1.54, 1.807) is 11.8 Å². The van der Waals surface area contributed by atoms with Crippen molar-refractivity contribution in [3.05, 3.63) is 11.4 Å². The van der Waals surface area contributed by atoms with Crippen LogP contribution < -0.4 is 21.5 Å². The second-order valence-corrected chi connectivity index (χ2v) is 4.02. The summed E-state index contributed by atoms with van der Waals surface area (Å²) in [6.45, 7) is 6.38. The van der Waals surface area contributed by atoms with Crippen LogP contribution in [0.5, 0.6) is 0 Å². The topological polar surface area (TPSA) is 96.2 Å². The number of hydrogen-bond donors (Lipinski definition) is 3. The van der Waals surface area contributed by atoms with E-state index in [1.165, 1.54) is 0 Å². The Bertz CT molecular complexity index is 434. The van der Waals surface area contributed by atoms with Crippen LogP contribution in [0.2, 0.25) is 0 Å². The van der Waals surface area contributed by atoms with E-state index in [2.05, 4.69) is 20.7 Å². The molecule has 7 heteroatoms. The highest BCUT2D eigenvalue weighted by atomic mass is 16.2. The molecule has 18 heavy (non-hydrogen) atoms. The van der Waals surface area contributed by atoms with Gasteiger partial charge < -0.3 is 15.6 Å². The normalized spacial score (nSPS) is 10.1. The van der Waals surface area contributed by atoms with Crippen molar-refractivity contribution in [3.8, 4) is 0 Å². The maximum absolute atomic E-state index is 11.5. The maximum atomic E-state index is 11.5. The molecule has 0 spiro atoms. The fourth-order valence-corrected chi connectivity index (χ4v) is 1.67. The Labute approximate surface area is 107 Å². The number of nitrogens with one attached hydrogen (secondary N) is 2. The van der Waals surface area contributed by atoms with E-state index in [-0.39, 0.29) is 12.5 Å². The molecule has 0 unspecified atom stereocenters. The fraction of sp³-hybridized carbons (Fsp3) is 0.545. The van der Waals surface area contributed by atoms with E-state index in [1.807, 2.05) is 20.9 Å². The number of nitrogens with two attached hydrogens (primary N) is 1. The molecule has 0 radical (unpaired) electrons. The van der Waals surface area contributed by atoms with Gasteiger partial charge in [0.15, 0.2) is 0 Å². The molecule has 1 aromatic heterocycles. The summed E-state index contributed by atoms with van der Waals surface area (Å²) >= 11 is 0. The third-order valence-corrected chi connectivity index (χ3v) is 2.48. The molecule has 4 N–H and O–H groups in total. The van der Waals surface area contributed by atoms with Gasteiger partial charge in [-0.25, -0.2) is 15.8 Å². The molecule has 0 aliphatic heterocycles. The highest BCUT2D eigenvalue weighted by Crippen LogP contribution is 2.21. The van der Waals surface area contributed by atoms with Crippen molar-refractivity contribution in [3.63, 3.8) is 0 Å². The first kappa shape index (κ1) is 14.2. The van der Waals surface area contributed by atoms with Crippen molar-refractivity contribution < 1.29 is 4.79 Å². The Kier molecular flexibility index (Phi) is 4.85. The number of anilines is 2. The zero-order chi connectivity index (χ0) is 13.7. The minimum atomic E-state index is -0.0436. The van der Waals surface area contributed by atoms with Crippen LogP contribution >= 0.6 is 0 Å². The summed E-state index contributed by atoms with van der Waals surface area (Å²) in [5.41, 5.74) is 3.35. The molecule has 0 saturated carbocycles. The van der Waals surface area contributed by atoms with Gasteiger partial charge in [0.05, 0.1) is 6.54 Å². The number of nitrogen functional groups attached to an aromatic ring is 1. The number of hydrazine groups is 1. The molecule has 1 rings (SSSR count). The lowest BCUT2D eigenvalue weighted by molar-refractivity contribution is -0.119. The molecule has 1 aromatic rings. The number of nitrogens with zero attached hydrogens (tertiary/aromatic N) is 3.